The number of aliphatic imine (C=N–C) groups is 1. The maximum Gasteiger partial charge on any atom is 0.254 e. The maximum absolute atomic E-state index is 13.6. The van der Waals surface area contributed by atoms with Gasteiger partial charge in [-0.05, 0) is 34.1 Å². The van der Waals surface area contributed by atoms with Crippen LogP contribution in [0.15, 0.2) is 46.0 Å². The number of halogens is 2. The summed E-state index contributed by atoms with van der Waals surface area (Å²) >= 11 is 3.46. The van der Waals surface area contributed by atoms with E-state index in [0.29, 0.717) is 25.6 Å². The molecule has 0 aliphatic rings. The minimum Gasteiger partial charge on any atom is -0.354 e. The van der Waals surface area contributed by atoms with Crippen LogP contribution in [0.25, 0.3) is 0 Å². The van der Waals surface area contributed by atoms with Crippen molar-refractivity contribution in [2.45, 2.75) is 6.54 Å². The zero-order valence-corrected chi connectivity index (χ0v) is 16.7. The highest BCUT2D eigenvalue weighted by molar-refractivity contribution is 9.10. The van der Waals surface area contributed by atoms with E-state index in [1.807, 2.05) is 29.8 Å². The molecule has 1 heterocycles. The summed E-state index contributed by atoms with van der Waals surface area (Å²) in [4.78, 5) is 18.2. The minimum absolute atomic E-state index is 0.0447. The molecular weight excluding hydrogens is 401 g/mol. The Kier molecular flexibility index (Phi) is 7.20. The van der Waals surface area contributed by atoms with Gasteiger partial charge in [0, 0.05) is 50.6 Å². The van der Waals surface area contributed by atoms with Crippen LogP contribution >= 0.6 is 15.9 Å². The van der Waals surface area contributed by atoms with Crippen LogP contribution in [0.5, 0.6) is 0 Å². The van der Waals surface area contributed by atoms with Crippen molar-refractivity contribution in [3.8, 4) is 0 Å². The normalized spacial score (nSPS) is 11.3. The summed E-state index contributed by atoms with van der Waals surface area (Å²) in [5, 5.41) is 5.88. The van der Waals surface area contributed by atoms with E-state index in [4.69, 9.17) is 0 Å². The Morgan fingerprint density at radius 3 is 2.62 bits per heavy atom. The lowest BCUT2D eigenvalue weighted by atomic mass is 10.2. The van der Waals surface area contributed by atoms with Crippen molar-refractivity contribution >= 4 is 27.8 Å². The molecule has 2 rings (SSSR count). The third-order valence-corrected chi connectivity index (χ3v) is 4.29. The summed E-state index contributed by atoms with van der Waals surface area (Å²) < 4.78 is 16.6. The lowest BCUT2D eigenvalue weighted by Crippen LogP contribution is -2.42. The number of benzene rings is 1. The fraction of sp³-hybridized carbons (Fsp3) is 0.333. The topological polar surface area (TPSA) is 61.7 Å². The van der Waals surface area contributed by atoms with Gasteiger partial charge in [0.25, 0.3) is 5.91 Å². The smallest absolute Gasteiger partial charge is 0.254 e. The van der Waals surface area contributed by atoms with Gasteiger partial charge >= 0.3 is 0 Å². The molecule has 0 saturated heterocycles. The van der Waals surface area contributed by atoms with E-state index in [0.717, 1.165) is 10.2 Å². The molecule has 0 fully saturated rings. The van der Waals surface area contributed by atoms with Gasteiger partial charge in [-0.3, -0.25) is 9.79 Å². The summed E-state index contributed by atoms with van der Waals surface area (Å²) in [6.45, 7) is 1.52. The van der Waals surface area contributed by atoms with Crippen LogP contribution in [0.3, 0.4) is 0 Å². The van der Waals surface area contributed by atoms with Crippen LogP contribution in [0.4, 0.5) is 4.39 Å². The van der Waals surface area contributed by atoms with Crippen molar-refractivity contribution in [1.82, 2.24) is 20.1 Å². The molecular formula is C18H23BrFN5O. The molecule has 8 heteroatoms. The van der Waals surface area contributed by atoms with E-state index in [2.05, 4.69) is 37.6 Å². The molecule has 1 aromatic carbocycles. The summed E-state index contributed by atoms with van der Waals surface area (Å²) in [6, 6.07) is 7.97. The van der Waals surface area contributed by atoms with E-state index in [-0.39, 0.29) is 5.56 Å². The summed E-state index contributed by atoms with van der Waals surface area (Å²) in [6.07, 6.45) is 2.00. The number of aromatic nitrogens is 1. The zero-order chi connectivity index (χ0) is 19.1. The summed E-state index contributed by atoms with van der Waals surface area (Å²) in [5.41, 5.74) is 1.18. The SMILES string of the molecule is CN=C(NCCNC(=O)c1ccccc1F)N(C)Cc1cc(Br)cn1C. The van der Waals surface area contributed by atoms with Crippen LogP contribution in [0, 0.1) is 5.82 Å². The Bertz CT molecular complexity index is 790. The van der Waals surface area contributed by atoms with Crippen molar-refractivity contribution in [1.29, 1.82) is 0 Å². The average molecular weight is 424 g/mol. The van der Waals surface area contributed by atoms with E-state index >= 15 is 0 Å². The summed E-state index contributed by atoms with van der Waals surface area (Å²) in [7, 11) is 5.63. The second-order valence-corrected chi connectivity index (χ2v) is 6.74. The van der Waals surface area contributed by atoms with E-state index < -0.39 is 11.7 Å². The number of carbonyl (C=O) groups is 1. The van der Waals surface area contributed by atoms with Gasteiger partial charge in [0.05, 0.1) is 12.1 Å². The van der Waals surface area contributed by atoms with Gasteiger partial charge < -0.3 is 20.1 Å². The molecule has 0 radical (unpaired) electrons. The van der Waals surface area contributed by atoms with Gasteiger partial charge in [-0.15, -0.1) is 0 Å². The predicted molar refractivity (Wildman–Crippen MR) is 105 cm³/mol. The highest BCUT2D eigenvalue weighted by Gasteiger charge is 2.11. The van der Waals surface area contributed by atoms with Crippen LogP contribution in [-0.4, -0.2) is 48.5 Å². The maximum atomic E-state index is 13.6. The quantitative estimate of drug-likeness (QED) is 0.425. The number of hydrogen-bond donors (Lipinski definition) is 2. The third kappa shape index (κ3) is 5.32. The Hall–Kier alpha value is -2.35. The molecule has 0 atom stereocenters. The lowest BCUT2D eigenvalue weighted by Gasteiger charge is -2.22. The molecule has 1 aromatic heterocycles. The van der Waals surface area contributed by atoms with E-state index in [1.54, 1.807) is 19.2 Å². The Morgan fingerprint density at radius 2 is 2.00 bits per heavy atom. The Labute approximate surface area is 161 Å². The predicted octanol–water partition coefficient (Wildman–Crippen LogP) is 2.36. The van der Waals surface area contributed by atoms with Crippen LogP contribution in [-0.2, 0) is 13.6 Å². The first-order valence-corrected chi connectivity index (χ1v) is 8.97. The molecule has 0 spiro atoms. The molecule has 0 unspecified atom stereocenters. The number of guanidine groups is 1. The van der Waals surface area contributed by atoms with E-state index in [1.165, 1.54) is 12.1 Å². The zero-order valence-electron chi connectivity index (χ0n) is 15.1. The molecule has 1 amide bonds. The van der Waals surface area contributed by atoms with Gasteiger partial charge in [-0.2, -0.15) is 0 Å². The number of hydrogen-bond acceptors (Lipinski definition) is 2. The fourth-order valence-corrected chi connectivity index (χ4v) is 3.09. The minimum atomic E-state index is -0.526. The Balaban J connectivity index is 1.81. The molecule has 140 valence electrons. The second-order valence-electron chi connectivity index (χ2n) is 5.83. The standard InChI is InChI=1S/C18H23BrFN5O/c1-21-18(25(3)12-14-10-13(19)11-24(14)2)23-9-8-22-17(26)15-6-4-5-7-16(15)20/h4-7,10-11H,8-9,12H2,1-3H3,(H,21,23)(H,22,26). The summed E-state index contributed by atoms with van der Waals surface area (Å²) in [5.74, 6) is -0.244. The van der Waals surface area contributed by atoms with Crippen LogP contribution in [0.2, 0.25) is 0 Å². The van der Waals surface area contributed by atoms with Gasteiger partial charge in [-0.25, -0.2) is 4.39 Å². The van der Waals surface area contributed by atoms with Gasteiger partial charge in [0.15, 0.2) is 5.96 Å². The molecule has 0 aliphatic heterocycles. The van der Waals surface area contributed by atoms with Crippen molar-refractivity contribution in [3.05, 3.63) is 58.1 Å². The lowest BCUT2D eigenvalue weighted by molar-refractivity contribution is 0.0950. The molecule has 0 bridgehead atoms. The molecule has 2 aromatic rings. The van der Waals surface area contributed by atoms with Crippen molar-refractivity contribution < 1.29 is 9.18 Å². The first-order chi connectivity index (χ1) is 12.4. The van der Waals surface area contributed by atoms with Crippen molar-refractivity contribution in [2.24, 2.45) is 12.0 Å². The number of carbonyl (C=O) groups excluding carboxylic acids is 1. The molecule has 0 saturated carbocycles. The third-order valence-electron chi connectivity index (χ3n) is 3.86. The van der Waals surface area contributed by atoms with Gasteiger partial charge in [-0.1, -0.05) is 12.1 Å². The molecule has 6 nitrogen and oxygen atoms in total. The second kappa shape index (κ2) is 9.38. The fourth-order valence-electron chi connectivity index (χ4n) is 2.52. The number of nitrogens with one attached hydrogen (secondary N) is 2. The number of aryl methyl sites for hydroxylation is 1. The van der Waals surface area contributed by atoms with Crippen molar-refractivity contribution in [3.63, 3.8) is 0 Å². The van der Waals surface area contributed by atoms with Crippen LogP contribution < -0.4 is 10.6 Å². The van der Waals surface area contributed by atoms with E-state index in [9.17, 15) is 9.18 Å². The first kappa shape index (κ1) is 20.0. The number of nitrogens with zero attached hydrogens (tertiary/aromatic N) is 3. The first-order valence-electron chi connectivity index (χ1n) is 8.17. The largest absolute Gasteiger partial charge is 0.354 e. The molecule has 0 aliphatic carbocycles. The monoisotopic (exact) mass is 423 g/mol. The van der Waals surface area contributed by atoms with Gasteiger partial charge in [0.1, 0.15) is 5.82 Å². The highest BCUT2D eigenvalue weighted by atomic mass is 79.9. The van der Waals surface area contributed by atoms with Crippen LogP contribution in [0.1, 0.15) is 16.1 Å². The molecule has 26 heavy (non-hydrogen) atoms. The molecule has 2 N–H and O–H groups in total. The van der Waals surface area contributed by atoms with Gasteiger partial charge in [0.2, 0.25) is 0 Å². The Morgan fingerprint density at radius 1 is 1.31 bits per heavy atom. The highest BCUT2D eigenvalue weighted by Crippen LogP contribution is 2.14. The average Bonchev–Trinajstić information content (AvgIpc) is 2.92. The number of rotatable bonds is 6. The van der Waals surface area contributed by atoms with Crippen molar-refractivity contribution in [2.75, 3.05) is 27.2 Å². The number of amides is 1.